The number of ether oxygens (including phenoxy) is 1. The van der Waals surface area contributed by atoms with E-state index in [-0.39, 0.29) is 18.0 Å². The van der Waals surface area contributed by atoms with E-state index in [0.717, 1.165) is 49.8 Å². The maximum Gasteiger partial charge on any atom is 0.410 e. The molecule has 0 spiro atoms. The summed E-state index contributed by atoms with van der Waals surface area (Å²) in [4.78, 5) is 16.9. The highest BCUT2D eigenvalue weighted by atomic mass is 19.1. The van der Waals surface area contributed by atoms with Crippen molar-refractivity contribution in [2.75, 3.05) is 18.0 Å². The third-order valence-corrected chi connectivity index (χ3v) is 5.32. The van der Waals surface area contributed by atoms with Crippen LogP contribution in [-0.2, 0) is 4.74 Å². The maximum atomic E-state index is 14.1. The van der Waals surface area contributed by atoms with E-state index in [0.29, 0.717) is 11.6 Å². The Morgan fingerprint density at radius 2 is 1.86 bits per heavy atom. The van der Waals surface area contributed by atoms with Crippen LogP contribution in [0.15, 0.2) is 24.4 Å². The number of rotatable bonds is 3. The van der Waals surface area contributed by atoms with Gasteiger partial charge in [0.05, 0.1) is 11.7 Å². The van der Waals surface area contributed by atoms with Crippen molar-refractivity contribution in [1.29, 1.82) is 0 Å². The Morgan fingerprint density at radius 1 is 1.18 bits per heavy atom. The minimum Gasteiger partial charge on any atom is -0.444 e. The predicted molar refractivity (Wildman–Crippen MR) is 106 cm³/mol. The summed E-state index contributed by atoms with van der Waals surface area (Å²) in [6.07, 6.45) is 5.20. The molecular formula is C21H27FN4O2. The van der Waals surface area contributed by atoms with Gasteiger partial charge >= 0.3 is 6.09 Å². The van der Waals surface area contributed by atoms with Crippen LogP contribution in [0.1, 0.15) is 46.5 Å². The first kappa shape index (κ1) is 18.9. The molecule has 1 aromatic carbocycles. The molecule has 0 unspecified atom stereocenters. The Labute approximate surface area is 164 Å². The fourth-order valence-corrected chi connectivity index (χ4v) is 3.96. The summed E-state index contributed by atoms with van der Waals surface area (Å²) >= 11 is 0. The molecule has 0 bridgehead atoms. The lowest BCUT2D eigenvalue weighted by Gasteiger charge is -2.40. The summed E-state index contributed by atoms with van der Waals surface area (Å²) in [6.45, 7) is 7.22. The van der Waals surface area contributed by atoms with E-state index >= 15 is 0 Å². The van der Waals surface area contributed by atoms with E-state index in [9.17, 15) is 9.18 Å². The summed E-state index contributed by atoms with van der Waals surface area (Å²) < 4.78 is 19.7. The van der Waals surface area contributed by atoms with Crippen molar-refractivity contribution in [3.8, 4) is 0 Å². The highest BCUT2D eigenvalue weighted by molar-refractivity contribution is 5.91. The molecule has 4 rings (SSSR count). The molecule has 1 saturated carbocycles. The van der Waals surface area contributed by atoms with E-state index in [1.807, 2.05) is 31.7 Å². The number of benzene rings is 1. The van der Waals surface area contributed by atoms with E-state index in [4.69, 9.17) is 4.74 Å². The molecule has 1 aliphatic heterocycles. The Kier molecular flexibility index (Phi) is 4.85. The predicted octanol–water partition coefficient (Wildman–Crippen LogP) is 4.14. The molecule has 2 aliphatic rings. The number of amides is 1. The molecule has 1 amide bonds. The van der Waals surface area contributed by atoms with E-state index < -0.39 is 5.60 Å². The molecule has 0 radical (unpaired) electrons. The lowest BCUT2D eigenvalue weighted by molar-refractivity contribution is 0.0114. The Balaban J connectivity index is 1.49. The lowest BCUT2D eigenvalue weighted by Crippen LogP contribution is -2.50. The Bertz CT molecular complexity index is 870. The van der Waals surface area contributed by atoms with Crippen molar-refractivity contribution >= 4 is 22.7 Å². The van der Waals surface area contributed by atoms with Crippen LogP contribution in [0.25, 0.3) is 10.9 Å². The van der Waals surface area contributed by atoms with Gasteiger partial charge in [-0.05, 0) is 58.6 Å². The Morgan fingerprint density at radius 3 is 2.50 bits per heavy atom. The van der Waals surface area contributed by atoms with Crippen molar-refractivity contribution in [3.05, 3.63) is 30.2 Å². The number of anilines is 1. The van der Waals surface area contributed by atoms with E-state index in [2.05, 4.69) is 15.1 Å². The first-order valence-electron chi connectivity index (χ1n) is 9.99. The lowest BCUT2D eigenvalue weighted by atomic mass is 10.0. The molecule has 2 heterocycles. The molecule has 1 aliphatic carbocycles. The molecule has 2 fully saturated rings. The quantitative estimate of drug-likeness (QED) is 0.794. The number of carbonyl (C=O) groups excluding carboxylic acids is 1. The smallest absolute Gasteiger partial charge is 0.410 e. The van der Waals surface area contributed by atoms with Gasteiger partial charge in [0.25, 0.3) is 0 Å². The number of hydrogen-bond acceptors (Lipinski definition) is 5. The van der Waals surface area contributed by atoms with Crippen molar-refractivity contribution in [2.24, 2.45) is 0 Å². The third kappa shape index (κ3) is 4.03. The molecule has 150 valence electrons. The van der Waals surface area contributed by atoms with Gasteiger partial charge in [-0.3, -0.25) is 0 Å². The van der Waals surface area contributed by atoms with E-state index in [1.165, 1.54) is 6.07 Å². The zero-order valence-corrected chi connectivity index (χ0v) is 16.7. The highest BCUT2D eigenvalue weighted by Gasteiger charge is 2.40. The van der Waals surface area contributed by atoms with Gasteiger partial charge in [0.2, 0.25) is 0 Å². The molecule has 28 heavy (non-hydrogen) atoms. The number of carbonyl (C=O) groups is 1. The second-order valence-electron chi connectivity index (χ2n) is 8.73. The maximum absolute atomic E-state index is 14.1. The van der Waals surface area contributed by atoms with Gasteiger partial charge < -0.3 is 14.5 Å². The molecule has 0 N–H and O–H groups in total. The molecule has 1 aromatic heterocycles. The van der Waals surface area contributed by atoms with Gasteiger partial charge in [-0.1, -0.05) is 0 Å². The normalized spacial score (nSPS) is 18.4. The monoisotopic (exact) mass is 386 g/mol. The van der Waals surface area contributed by atoms with Crippen LogP contribution in [0.2, 0.25) is 0 Å². The van der Waals surface area contributed by atoms with Crippen LogP contribution in [0.4, 0.5) is 14.9 Å². The van der Waals surface area contributed by atoms with Crippen molar-refractivity contribution in [3.63, 3.8) is 0 Å². The number of piperidine rings is 1. The molecular weight excluding hydrogens is 359 g/mol. The fraction of sp³-hybridized carbons (Fsp3) is 0.571. The highest BCUT2D eigenvalue weighted by Crippen LogP contribution is 2.35. The van der Waals surface area contributed by atoms with Gasteiger partial charge in [-0.2, -0.15) is 10.2 Å². The van der Waals surface area contributed by atoms with Gasteiger partial charge in [0.15, 0.2) is 0 Å². The summed E-state index contributed by atoms with van der Waals surface area (Å²) in [6, 6.07) is 5.32. The number of nitrogens with zero attached hydrogens (tertiary/aromatic N) is 4. The average Bonchev–Trinajstić information content (AvgIpc) is 3.45. The van der Waals surface area contributed by atoms with Gasteiger partial charge in [-0.25, -0.2) is 9.18 Å². The van der Waals surface area contributed by atoms with Gasteiger partial charge in [0, 0.05) is 42.3 Å². The number of aromatic nitrogens is 2. The van der Waals surface area contributed by atoms with Gasteiger partial charge in [-0.15, -0.1) is 0 Å². The molecule has 1 saturated heterocycles. The summed E-state index contributed by atoms with van der Waals surface area (Å²) in [5, 5.41) is 8.80. The van der Waals surface area contributed by atoms with Crippen LogP contribution >= 0.6 is 0 Å². The molecule has 7 heteroatoms. The molecule has 0 atom stereocenters. The van der Waals surface area contributed by atoms with Crippen LogP contribution in [0.3, 0.4) is 0 Å². The molecule has 6 nitrogen and oxygen atoms in total. The summed E-state index contributed by atoms with van der Waals surface area (Å²) in [5.74, 6) is -0.307. The second-order valence-corrected chi connectivity index (χ2v) is 8.73. The minimum atomic E-state index is -0.494. The van der Waals surface area contributed by atoms with Crippen LogP contribution in [0, 0.1) is 5.82 Å². The molecule has 2 aromatic rings. The van der Waals surface area contributed by atoms with Crippen LogP contribution in [0.5, 0.6) is 0 Å². The fourth-order valence-electron chi connectivity index (χ4n) is 3.96. The van der Waals surface area contributed by atoms with Crippen LogP contribution in [-0.4, -0.2) is 52.0 Å². The summed E-state index contributed by atoms with van der Waals surface area (Å²) in [7, 11) is 0. The zero-order valence-electron chi connectivity index (χ0n) is 16.7. The second kappa shape index (κ2) is 7.18. The van der Waals surface area contributed by atoms with Crippen molar-refractivity contribution < 1.29 is 13.9 Å². The van der Waals surface area contributed by atoms with E-state index in [1.54, 1.807) is 12.3 Å². The Hall–Kier alpha value is -2.44. The largest absolute Gasteiger partial charge is 0.444 e. The number of fused-ring (bicyclic) bond motifs is 1. The van der Waals surface area contributed by atoms with Crippen molar-refractivity contribution in [2.45, 2.75) is 64.1 Å². The van der Waals surface area contributed by atoms with Gasteiger partial charge in [0.1, 0.15) is 11.4 Å². The minimum absolute atomic E-state index is 0.165. The summed E-state index contributed by atoms with van der Waals surface area (Å²) in [5.41, 5.74) is 0.915. The SMILES string of the molecule is CC(C)(C)OC(=O)N(C1CC1)C1CCN(c2cc(F)cc3nnccc23)CC1. The first-order valence-corrected chi connectivity index (χ1v) is 9.99. The standard InChI is InChI=1S/C21H27FN4O2/c1-21(2,3)28-20(27)26(15-4-5-15)16-7-10-25(11-8-16)19-13-14(22)12-18-17(19)6-9-23-24-18/h6,9,12-13,15-16H,4-5,7-8,10-11H2,1-3H3. The van der Waals surface area contributed by atoms with Crippen LogP contribution < -0.4 is 4.90 Å². The topological polar surface area (TPSA) is 58.6 Å². The first-order chi connectivity index (χ1) is 13.3. The zero-order chi connectivity index (χ0) is 19.9. The average molecular weight is 386 g/mol. The number of halogens is 1. The third-order valence-electron chi connectivity index (χ3n) is 5.32. The number of hydrogen-bond donors (Lipinski definition) is 0. The van der Waals surface area contributed by atoms with Crippen molar-refractivity contribution in [1.82, 2.24) is 15.1 Å².